The maximum absolute atomic E-state index is 11.3. The molecule has 0 bridgehead atoms. The fourth-order valence-corrected chi connectivity index (χ4v) is 2.26. The van der Waals surface area contributed by atoms with Crippen molar-refractivity contribution in [1.29, 1.82) is 0 Å². The van der Waals surface area contributed by atoms with Crippen LogP contribution in [0, 0.1) is 0 Å². The van der Waals surface area contributed by atoms with Gasteiger partial charge >= 0.3 is 0 Å². The van der Waals surface area contributed by atoms with E-state index in [9.17, 15) is 4.79 Å². The largest absolute Gasteiger partial charge is 0.497 e. The molecule has 0 saturated heterocycles. The molecule has 0 heterocycles. The molecule has 21 heavy (non-hydrogen) atoms. The third-order valence-electron chi connectivity index (χ3n) is 3.21. The summed E-state index contributed by atoms with van der Waals surface area (Å²) in [5, 5.41) is 3.66. The minimum absolute atomic E-state index is 0.0435. The van der Waals surface area contributed by atoms with Gasteiger partial charge in [-0.3, -0.25) is 4.79 Å². The Labute approximate surface area is 128 Å². The molecule has 1 amide bonds. The number of nitrogens with two attached hydrogens (primary N) is 1. The summed E-state index contributed by atoms with van der Waals surface area (Å²) in [5.41, 5.74) is 7.46. The van der Waals surface area contributed by atoms with Crippen LogP contribution in [0.15, 0.2) is 42.5 Å². The van der Waals surface area contributed by atoms with Gasteiger partial charge < -0.3 is 15.8 Å². The van der Waals surface area contributed by atoms with E-state index in [0.29, 0.717) is 10.6 Å². The summed E-state index contributed by atoms with van der Waals surface area (Å²) in [6.07, 6.45) is 0. The molecule has 0 aliphatic heterocycles. The van der Waals surface area contributed by atoms with Crippen molar-refractivity contribution in [3.05, 3.63) is 58.6 Å². The van der Waals surface area contributed by atoms with Crippen molar-refractivity contribution < 1.29 is 9.53 Å². The van der Waals surface area contributed by atoms with Gasteiger partial charge in [0.15, 0.2) is 0 Å². The fraction of sp³-hybridized carbons (Fsp3) is 0.188. The van der Waals surface area contributed by atoms with Crippen molar-refractivity contribution in [3.8, 4) is 5.75 Å². The third-order valence-corrected chi connectivity index (χ3v) is 3.54. The van der Waals surface area contributed by atoms with Crippen LogP contribution in [0.2, 0.25) is 5.02 Å². The Morgan fingerprint density at radius 1 is 1.29 bits per heavy atom. The van der Waals surface area contributed by atoms with Gasteiger partial charge in [-0.25, -0.2) is 0 Å². The van der Waals surface area contributed by atoms with Crippen LogP contribution in [0.25, 0.3) is 0 Å². The number of rotatable bonds is 5. The van der Waals surface area contributed by atoms with E-state index in [1.54, 1.807) is 19.2 Å². The van der Waals surface area contributed by atoms with E-state index in [4.69, 9.17) is 22.1 Å². The second-order valence-corrected chi connectivity index (χ2v) is 5.11. The highest BCUT2D eigenvalue weighted by Gasteiger charge is 2.10. The number of anilines is 1. The van der Waals surface area contributed by atoms with Gasteiger partial charge in [-0.05, 0) is 42.8 Å². The van der Waals surface area contributed by atoms with Crippen LogP contribution in [-0.2, 0) is 0 Å². The van der Waals surface area contributed by atoms with Crippen LogP contribution < -0.4 is 15.8 Å². The molecule has 2 aromatic carbocycles. The lowest BCUT2D eigenvalue weighted by Crippen LogP contribution is -2.13. The van der Waals surface area contributed by atoms with Gasteiger partial charge in [0, 0.05) is 11.7 Å². The number of carbonyl (C=O) groups excluding carboxylic acids is 1. The molecule has 0 fully saturated rings. The normalized spacial score (nSPS) is 11.8. The van der Waals surface area contributed by atoms with E-state index < -0.39 is 5.91 Å². The van der Waals surface area contributed by atoms with Gasteiger partial charge in [0.05, 0.1) is 17.7 Å². The molecule has 0 radical (unpaired) electrons. The molecule has 2 rings (SSSR count). The van der Waals surface area contributed by atoms with Crippen molar-refractivity contribution in [2.24, 2.45) is 5.73 Å². The second-order valence-electron chi connectivity index (χ2n) is 4.70. The Kier molecular flexibility index (Phi) is 4.70. The number of ether oxygens (including phenoxy) is 1. The fourth-order valence-electron chi connectivity index (χ4n) is 2.05. The van der Waals surface area contributed by atoms with Gasteiger partial charge in [0.25, 0.3) is 0 Å². The molecule has 110 valence electrons. The summed E-state index contributed by atoms with van der Waals surface area (Å²) < 4.78 is 5.22. The topological polar surface area (TPSA) is 64.3 Å². The zero-order valence-corrected chi connectivity index (χ0v) is 12.6. The van der Waals surface area contributed by atoms with E-state index in [1.807, 2.05) is 37.3 Å². The molecule has 3 N–H and O–H groups in total. The van der Waals surface area contributed by atoms with Crippen molar-refractivity contribution in [2.75, 3.05) is 12.4 Å². The number of carbonyl (C=O) groups is 1. The highest BCUT2D eigenvalue weighted by atomic mass is 35.5. The number of benzene rings is 2. The Balaban J connectivity index is 2.21. The van der Waals surface area contributed by atoms with Crippen molar-refractivity contribution in [1.82, 2.24) is 0 Å². The average Bonchev–Trinajstić information content (AvgIpc) is 2.49. The number of amides is 1. The smallest absolute Gasteiger partial charge is 0.250 e. The van der Waals surface area contributed by atoms with E-state index in [1.165, 1.54) is 0 Å². The number of hydrogen-bond donors (Lipinski definition) is 2. The second kappa shape index (κ2) is 6.50. The zero-order valence-electron chi connectivity index (χ0n) is 11.9. The van der Waals surface area contributed by atoms with Crippen LogP contribution in [0.3, 0.4) is 0 Å². The van der Waals surface area contributed by atoms with E-state index in [0.717, 1.165) is 17.0 Å². The third kappa shape index (κ3) is 3.67. The minimum atomic E-state index is -0.544. The number of primary amides is 1. The van der Waals surface area contributed by atoms with Crippen molar-refractivity contribution >= 4 is 23.2 Å². The Morgan fingerprint density at radius 3 is 2.71 bits per heavy atom. The molecule has 0 spiro atoms. The molecule has 4 nitrogen and oxygen atoms in total. The van der Waals surface area contributed by atoms with Crippen molar-refractivity contribution in [2.45, 2.75) is 13.0 Å². The Morgan fingerprint density at radius 2 is 2.05 bits per heavy atom. The first kappa shape index (κ1) is 15.2. The van der Waals surface area contributed by atoms with E-state index in [-0.39, 0.29) is 6.04 Å². The molecular weight excluding hydrogens is 288 g/mol. The lowest BCUT2D eigenvalue weighted by Gasteiger charge is -2.17. The standard InChI is InChI=1S/C16H17ClN2O2/c1-10(11-4-3-5-13(8-11)21-2)19-12-6-7-15(17)14(9-12)16(18)20/h3-10,19H,1-2H3,(H2,18,20). The summed E-state index contributed by atoms with van der Waals surface area (Å²) in [6.45, 7) is 2.02. The molecule has 0 aromatic heterocycles. The summed E-state index contributed by atoms with van der Waals surface area (Å²) in [7, 11) is 1.63. The summed E-state index contributed by atoms with van der Waals surface area (Å²) in [4.78, 5) is 11.3. The molecule has 1 atom stereocenters. The lowest BCUT2D eigenvalue weighted by atomic mass is 10.1. The molecule has 0 saturated carbocycles. The SMILES string of the molecule is COc1cccc(C(C)Nc2ccc(Cl)c(C(N)=O)c2)c1. The molecule has 0 aliphatic carbocycles. The average molecular weight is 305 g/mol. The Hall–Kier alpha value is -2.20. The first-order valence-corrected chi connectivity index (χ1v) is 6.89. The number of hydrogen-bond acceptors (Lipinski definition) is 3. The van der Waals surface area contributed by atoms with Gasteiger partial charge in [-0.2, -0.15) is 0 Å². The maximum Gasteiger partial charge on any atom is 0.250 e. The summed E-state index contributed by atoms with van der Waals surface area (Å²) in [6, 6.07) is 13.0. The molecular formula is C16H17ClN2O2. The predicted octanol–water partition coefficient (Wildman–Crippen LogP) is 3.62. The maximum atomic E-state index is 11.3. The zero-order chi connectivity index (χ0) is 15.4. The number of halogens is 1. The van der Waals surface area contributed by atoms with Crippen LogP contribution in [0.4, 0.5) is 5.69 Å². The number of nitrogens with one attached hydrogen (secondary N) is 1. The van der Waals surface area contributed by atoms with Gasteiger partial charge in [-0.15, -0.1) is 0 Å². The summed E-state index contributed by atoms with van der Waals surface area (Å²) in [5.74, 6) is 0.257. The predicted molar refractivity (Wildman–Crippen MR) is 85.0 cm³/mol. The van der Waals surface area contributed by atoms with Gasteiger partial charge in [0.2, 0.25) is 5.91 Å². The number of methoxy groups -OCH3 is 1. The van der Waals surface area contributed by atoms with Crippen molar-refractivity contribution in [3.63, 3.8) is 0 Å². The lowest BCUT2D eigenvalue weighted by molar-refractivity contribution is 0.100. The van der Waals surface area contributed by atoms with Gasteiger partial charge in [-0.1, -0.05) is 23.7 Å². The Bertz CT molecular complexity index is 658. The van der Waals surface area contributed by atoms with Gasteiger partial charge in [0.1, 0.15) is 5.75 Å². The summed E-state index contributed by atoms with van der Waals surface area (Å²) >= 11 is 5.94. The highest BCUT2D eigenvalue weighted by Crippen LogP contribution is 2.25. The molecule has 0 aliphatic rings. The minimum Gasteiger partial charge on any atom is -0.497 e. The first-order valence-electron chi connectivity index (χ1n) is 6.51. The highest BCUT2D eigenvalue weighted by molar-refractivity contribution is 6.33. The molecule has 5 heteroatoms. The molecule has 2 aromatic rings. The van der Waals surface area contributed by atoms with E-state index in [2.05, 4.69) is 5.32 Å². The van der Waals surface area contributed by atoms with Crippen LogP contribution in [0.1, 0.15) is 28.9 Å². The van der Waals surface area contributed by atoms with E-state index >= 15 is 0 Å². The monoisotopic (exact) mass is 304 g/mol. The van der Waals surface area contributed by atoms with Crippen LogP contribution >= 0.6 is 11.6 Å². The van der Waals surface area contributed by atoms with Crippen LogP contribution in [-0.4, -0.2) is 13.0 Å². The van der Waals surface area contributed by atoms with Crippen LogP contribution in [0.5, 0.6) is 5.75 Å². The first-order chi connectivity index (χ1) is 10.0. The molecule has 1 unspecified atom stereocenters. The quantitative estimate of drug-likeness (QED) is 0.886.